The Bertz CT molecular complexity index is 1170. The quantitative estimate of drug-likeness (QED) is 0.362. The molecular formula is C26H26ClFN2O4. The maximum atomic E-state index is 14.3. The van der Waals surface area contributed by atoms with E-state index in [2.05, 4.69) is 10.6 Å². The van der Waals surface area contributed by atoms with Gasteiger partial charge in [0, 0.05) is 17.1 Å². The first-order valence-electron chi connectivity index (χ1n) is 10.8. The van der Waals surface area contributed by atoms with Gasteiger partial charge in [-0.1, -0.05) is 42.8 Å². The Morgan fingerprint density at radius 2 is 1.74 bits per heavy atom. The molecule has 8 heteroatoms. The van der Waals surface area contributed by atoms with Crippen LogP contribution in [-0.2, 0) is 17.8 Å². The summed E-state index contributed by atoms with van der Waals surface area (Å²) in [4.78, 5) is 23.8. The molecule has 0 saturated heterocycles. The largest absolute Gasteiger partial charge is 0.496 e. The van der Waals surface area contributed by atoms with Crippen LogP contribution in [-0.4, -0.2) is 24.2 Å². The smallest absolute Gasteiger partial charge is 0.315 e. The fourth-order valence-electron chi connectivity index (χ4n) is 3.71. The monoisotopic (exact) mass is 484 g/mol. The molecule has 2 amide bonds. The van der Waals surface area contributed by atoms with Crippen LogP contribution in [0.5, 0.6) is 5.75 Å². The molecule has 34 heavy (non-hydrogen) atoms. The number of nitrogens with one attached hydrogen (secondary N) is 2. The van der Waals surface area contributed by atoms with Crippen LogP contribution in [0.2, 0.25) is 5.02 Å². The Morgan fingerprint density at radius 3 is 2.38 bits per heavy atom. The van der Waals surface area contributed by atoms with Gasteiger partial charge in [-0.15, -0.1) is 0 Å². The summed E-state index contributed by atoms with van der Waals surface area (Å²) in [5.41, 5.74) is 3.31. The van der Waals surface area contributed by atoms with Crippen molar-refractivity contribution >= 4 is 23.6 Å². The van der Waals surface area contributed by atoms with Crippen LogP contribution in [0.15, 0.2) is 60.7 Å². The van der Waals surface area contributed by atoms with Gasteiger partial charge in [0.05, 0.1) is 19.6 Å². The molecule has 3 aromatic rings. The summed E-state index contributed by atoms with van der Waals surface area (Å²) in [6.45, 7) is 2.19. The number of carbonyl (C=O) groups excluding carboxylic acids is 1. The average molecular weight is 485 g/mol. The molecule has 1 unspecified atom stereocenters. The van der Waals surface area contributed by atoms with E-state index in [-0.39, 0.29) is 6.42 Å². The van der Waals surface area contributed by atoms with Crippen LogP contribution in [0, 0.1) is 5.82 Å². The van der Waals surface area contributed by atoms with Crippen molar-refractivity contribution in [1.82, 2.24) is 10.6 Å². The average Bonchev–Trinajstić information content (AvgIpc) is 2.81. The molecule has 0 aliphatic heterocycles. The molecule has 0 fully saturated rings. The molecule has 0 aliphatic rings. The summed E-state index contributed by atoms with van der Waals surface area (Å²) in [5.74, 6) is -0.883. The van der Waals surface area contributed by atoms with Gasteiger partial charge >= 0.3 is 12.0 Å². The number of urea groups is 1. The minimum atomic E-state index is -0.957. The van der Waals surface area contributed by atoms with Crippen molar-refractivity contribution in [3.8, 4) is 16.9 Å². The number of rotatable bonds is 9. The van der Waals surface area contributed by atoms with Crippen molar-refractivity contribution in [3.05, 3.63) is 88.2 Å². The van der Waals surface area contributed by atoms with Crippen molar-refractivity contribution in [2.75, 3.05) is 7.11 Å². The maximum Gasteiger partial charge on any atom is 0.315 e. The van der Waals surface area contributed by atoms with Gasteiger partial charge in [-0.25, -0.2) is 9.18 Å². The van der Waals surface area contributed by atoms with Crippen molar-refractivity contribution in [2.24, 2.45) is 0 Å². The minimum Gasteiger partial charge on any atom is -0.496 e. The van der Waals surface area contributed by atoms with E-state index in [9.17, 15) is 19.1 Å². The van der Waals surface area contributed by atoms with E-state index in [1.165, 1.54) is 19.2 Å². The summed E-state index contributed by atoms with van der Waals surface area (Å²) >= 11 is 5.90. The number of benzene rings is 3. The molecule has 178 valence electrons. The zero-order valence-corrected chi connectivity index (χ0v) is 19.7. The van der Waals surface area contributed by atoms with E-state index in [4.69, 9.17) is 16.3 Å². The molecule has 0 spiro atoms. The van der Waals surface area contributed by atoms with E-state index < -0.39 is 23.9 Å². The fraction of sp³-hybridized carbons (Fsp3) is 0.231. The number of amides is 2. The van der Waals surface area contributed by atoms with Crippen LogP contribution >= 0.6 is 11.6 Å². The number of carboxylic acid groups (broad SMARTS) is 1. The zero-order valence-electron chi connectivity index (χ0n) is 18.9. The zero-order chi connectivity index (χ0) is 24.7. The topological polar surface area (TPSA) is 87.7 Å². The maximum absolute atomic E-state index is 14.3. The molecule has 1 atom stereocenters. The highest BCUT2D eigenvalue weighted by molar-refractivity contribution is 6.30. The fourth-order valence-corrected chi connectivity index (χ4v) is 3.84. The predicted molar refractivity (Wildman–Crippen MR) is 130 cm³/mol. The predicted octanol–water partition coefficient (Wildman–Crippen LogP) is 5.73. The lowest BCUT2D eigenvalue weighted by Gasteiger charge is -2.22. The molecular weight excluding hydrogens is 459 g/mol. The van der Waals surface area contributed by atoms with Crippen LogP contribution in [0.1, 0.15) is 36.1 Å². The second-order valence-corrected chi connectivity index (χ2v) is 8.19. The number of carbonyl (C=O) groups is 2. The summed E-state index contributed by atoms with van der Waals surface area (Å²) in [7, 11) is 1.51. The molecule has 0 radical (unpaired) electrons. The van der Waals surface area contributed by atoms with Crippen molar-refractivity contribution in [3.63, 3.8) is 0 Å². The molecule has 0 aromatic heterocycles. The van der Waals surface area contributed by atoms with E-state index in [0.29, 0.717) is 46.0 Å². The van der Waals surface area contributed by atoms with Crippen LogP contribution in [0.4, 0.5) is 9.18 Å². The Kier molecular flexibility index (Phi) is 8.49. The van der Waals surface area contributed by atoms with Gasteiger partial charge in [0.15, 0.2) is 0 Å². The van der Waals surface area contributed by atoms with Gasteiger partial charge in [0.1, 0.15) is 11.6 Å². The number of halogens is 2. The van der Waals surface area contributed by atoms with Crippen molar-refractivity contribution in [1.29, 1.82) is 0 Å². The second-order valence-electron chi connectivity index (χ2n) is 7.75. The van der Waals surface area contributed by atoms with Crippen LogP contribution < -0.4 is 15.4 Å². The Morgan fingerprint density at radius 1 is 1.03 bits per heavy atom. The number of aliphatic carboxylic acids is 1. The first-order valence-corrected chi connectivity index (χ1v) is 11.2. The summed E-state index contributed by atoms with van der Waals surface area (Å²) in [6, 6.07) is 15.6. The molecule has 0 heterocycles. The number of methoxy groups -OCH3 is 1. The third-order valence-electron chi connectivity index (χ3n) is 5.38. The highest BCUT2D eigenvalue weighted by Crippen LogP contribution is 2.37. The number of hydrogen-bond acceptors (Lipinski definition) is 3. The highest BCUT2D eigenvalue weighted by Gasteiger charge is 2.20. The normalized spacial score (nSPS) is 11.5. The highest BCUT2D eigenvalue weighted by atomic mass is 35.5. The van der Waals surface area contributed by atoms with E-state index >= 15 is 0 Å². The van der Waals surface area contributed by atoms with Gasteiger partial charge in [0.25, 0.3) is 0 Å². The Labute approximate surface area is 202 Å². The number of carboxylic acids is 1. The molecule has 6 nitrogen and oxygen atoms in total. The van der Waals surface area contributed by atoms with E-state index in [1.807, 2.05) is 19.1 Å². The lowest BCUT2D eigenvalue weighted by atomic mass is 9.91. The van der Waals surface area contributed by atoms with Crippen molar-refractivity contribution in [2.45, 2.75) is 32.4 Å². The first-order chi connectivity index (χ1) is 16.3. The second kappa shape index (κ2) is 11.5. The van der Waals surface area contributed by atoms with Gasteiger partial charge in [-0.2, -0.15) is 0 Å². The summed E-state index contributed by atoms with van der Waals surface area (Å²) in [5, 5.41) is 15.5. The standard InChI is InChI=1S/C26H26ClFN2O4/c1-3-23(30-26(33)29-15-16-4-7-18(27)8-5-16)21-14-19(28)9-10-20(21)22-12-17(13-25(31)32)6-11-24(22)34-2/h4-12,14,23H,3,13,15H2,1-2H3,(H,31,32)(H2,29,30,33). The van der Waals surface area contributed by atoms with Gasteiger partial charge < -0.3 is 20.5 Å². The van der Waals surface area contributed by atoms with E-state index in [0.717, 1.165) is 5.56 Å². The van der Waals surface area contributed by atoms with Gasteiger partial charge in [0.2, 0.25) is 0 Å². The van der Waals surface area contributed by atoms with Crippen LogP contribution in [0.25, 0.3) is 11.1 Å². The SMILES string of the molecule is CCC(NC(=O)NCc1ccc(Cl)cc1)c1cc(F)ccc1-c1cc(CC(=O)O)ccc1OC. The Hall–Kier alpha value is -3.58. The number of hydrogen-bond donors (Lipinski definition) is 3. The first kappa shape index (κ1) is 25.1. The summed E-state index contributed by atoms with van der Waals surface area (Å²) < 4.78 is 19.8. The number of ether oxygens (including phenoxy) is 1. The lowest BCUT2D eigenvalue weighted by Crippen LogP contribution is -2.37. The Balaban J connectivity index is 1.88. The molecule has 3 rings (SSSR count). The van der Waals surface area contributed by atoms with Gasteiger partial charge in [-0.05, 0) is 65.1 Å². The minimum absolute atomic E-state index is 0.157. The molecule has 3 N–H and O–H groups in total. The third-order valence-corrected chi connectivity index (χ3v) is 5.63. The van der Waals surface area contributed by atoms with Gasteiger partial charge in [-0.3, -0.25) is 4.79 Å². The van der Waals surface area contributed by atoms with Crippen molar-refractivity contribution < 1.29 is 23.8 Å². The molecule has 0 aliphatic carbocycles. The summed E-state index contributed by atoms with van der Waals surface area (Å²) in [6.07, 6.45) is 0.345. The van der Waals surface area contributed by atoms with Crippen LogP contribution in [0.3, 0.4) is 0 Å². The third kappa shape index (κ3) is 6.48. The van der Waals surface area contributed by atoms with E-state index in [1.54, 1.807) is 36.4 Å². The lowest BCUT2D eigenvalue weighted by molar-refractivity contribution is -0.136. The molecule has 0 bridgehead atoms. The molecule has 0 saturated carbocycles. The molecule has 3 aromatic carbocycles.